The zero-order valence-corrected chi connectivity index (χ0v) is 37.6. The molecule has 3 aromatic carbocycles. The van der Waals surface area contributed by atoms with Gasteiger partial charge in [0.25, 0.3) is 5.91 Å². The monoisotopic (exact) mass is 928 g/mol. The third-order valence-corrected chi connectivity index (χ3v) is 12.3. The number of phenols is 1. The second-order valence-electron chi connectivity index (χ2n) is 17.4. The van der Waals surface area contributed by atoms with Gasteiger partial charge in [0.1, 0.15) is 47.8 Å². The van der Waals surface area contributed by atoms with E-state index in [1.807, 2.05) is 12.1 Å². The molecule has 0 aliphatic carbocycles. The number of aliphatic hydroxyl groups is 3. The van der Waals surface area contributed by atoms with Crippen LogP contribution in [0.4, 0.5) is 0 Å². The van der Waals surface area contributed by atoms with Crippen molar-refractivity contribution in [1.29, 1.82) is 0 Å². The number of methoxy groups -OCH3 is 1. The van der Waals surface area contributed by atoms with Gasteiger partial charge in [-0.1, -0.05) is 36.4 Å². The van der Waals surface area contributed by atoms with E-state index in [0.29, 0.717) is 11.3 Å². The highest BCUT2D eigenvalue weighted by Gasteiger charge is 2.45. The van der Waals surface area contributed by atoms with Gasteiger partial charge in [0.05, 0.1) is 25.4 Å². The number of phenolic OH excluding ortho intramolecular Hbond substituents is 1. The van der Waals surface area contributed by atoms with Crippen LogP contribution >= 0.6 is 0 Å². The number of nitrogens with zero attached hydrogens (tertiary/aromatic N) is 2. The number of aromatic hydroxyl groups is 1. The predicted octanol–water partition coefficient (Wildman–Crippen LogP) is -1.18. The highest BCUT2D eigenvalue weighted by atomic mass is 16.5. The normalized spacial score (nSPS) is 26.7. The van der Waals surface area contributed by atoms with Crippen LogP contribution in [0.2, 0.25) is 0 Å². The zero-order valence-electron chi connectivity index (χ0n) is 37.6. The number of benzene rings is 3. The Bertz CT molecular complexity index is 2260. The summed E-state index contributed by atoms with van der Waals surface area (Å²) in [4.78, 5) is 101. The summed E-state index contributed by atoms with van der Waals surface area (Å²) in [6.07, 6.45) is -4.33. The van der Waals surface area contributed by atoms with E-state index in [9.17, 15) is 54.0 Å². The number of rotatable bonds is 9. The molecule has 6 rings (SSSR count). The average Bonchev–Trinajstić information content (AvgIpc) is 3.91. The van der Waals surface area contributed by atoms with Gasteiger partial charge in [0, 0.05) is 37.7 Å². The zero-order chi connectivity index (χ0) is 48.5. The molecule has 3 saturated heterocycles. The number of hydrogen-bond acceptors (Lipinski definition) is 13. The van der Waals surface area contributed by atoms with Crippen molar-refractivity contribution in [1.82, 2.24) is 36.4 Å². The summed E-state index contributed by atoms with van der Waals surface area (Å²) in [5.74, 6) is -4.90. The van der Waals surface area contributed by atoms with Crippen LogP contribution in [0, 0.1) is 0 Å². The first-order valence-corrected chi connectivity index (χ1v) is 22.4. The summed E-state index contributed by atoms with van der Waals surface area (Å²) in [7, 11) is 1.56. The fraction of sp³-hybridized carbons (Fsp3) is 0.468. The molecule has 7 amide bonds. The van der Waals surface area contributed by atoms with Crippen molar-refractivity contribution in [2.45, 2.75) is 113 Å². The van der Waals surface area contributed by atoms with Crippen LogP contribution in [0.1, 0.15) is 61.9 Å². The third-order valence-electron chi connectivity index (χ3n) is 12.3. The largest absolute Gasteiger partial charge is 0.508 e. The molecule has 0 aromatic heterocycles. The Morgan fingerprint density at radius 3 is 1.93 bits per heavy atom. The van der Waals surface area contributed by atoms with Crippen LogP contribution in [0.25, 0.3) is 11.1 Å². The van der Waals surface area contributed by atoms with Crippen LogP contribution in [-0.2, 0) is 35.2 Å². The SMILES string of the molecule is COc1ccc(-c2ccc(C(=O)N[C@H]3CCCNC(=O)C4C[C@H](N)CN4C(=O)C(C(C)O)NC(=O)C(CCc4ccc(O)cc4)NC(=O)C4C[C@@H](O)CN4C(=O)C(C(C)O)NC3=O)cc2)cc1. The van der Waals surface area contributed by atoms with E-state index in [-0.39, 0.29) is 69.5 Å². The van der Waals surface area contributed by atoms with Crippen LogP contribution in [0.15, 0.2) is 72.8 Å². The number of aliphatic hydroxyl groups excluding tert-OH is 3. The molecule has 0 saturated carbocycles. The van der Waals surface area contributed by atoms with Crippen molar-refractivity contribution in [2.24, 2.45) is 5.73 Å². The number of aryl methyl sites for hydroxylation is 1. The summed E-state index contributed by atoms with van der Waals surface area (Å²) in [5.41, 5.74) is 8.80. The number of amides is 7. The summed E-state index contributed by atoms with van der Waals surface area (Å²) in [6, 6.07) is 11.0. The first-order valence-electron chi connectivity index (χ1n) is 22.4. The van der Waals surface area contributed by atoms with E-state index in [1.54, 1.807) is 55.6 Å². The van der Waals surface area contributed by atoms with Gasteiger partial charge in [-0.25, -0.2) is 0 Å². The molecular weight excluding hydrogens is 869 g/mol. The molecule has 0 bridgehead atoms. The van der Waals surface area contributed by atoms with Crippen LogP contribution in [0.5, 0.6) is 11.5 Å². The molecule has 7 unspecified atom stereocenters. The second-order valence-corrected chi connectivity index (χ2v) is 17.4. The standard InChI is InChI=1S/C47H60N8O12/c1-25(56)39-46(65)54-23-31(48)21-37(54)44(63)49-20-4-5-35(50-41(60)30-11-9-28(10-12-30)29-13-17-34(67-3)18-14-29)42(61)52-40(26(2)57)47(66)55-24-33(59)22-38(55)45(64)51-36(43(62)53-39)19-8-27-6-15-32(58)16-7-27/h6-7,9-18,25-26,31,33,35-40,56-59H,4-5,8,19-24,48H2,1-3H3,(H,49,63)(H,50,60)(H,51,64)(H,52,61)(H,53,62)/t25?,26?,31-,33+,35-,36?,37?,38?,39?,40?/m0/s1. The maximum atomic E-state index is 14.3. The molecule has 3 aliphatic heterocycles. The molecule has 3 heterocycles. The molecule has 3 aliphatic rings. The highest BCUT2D eigenvalue weighted by molar-refractivity contribution is 6.00. The third kappa shape index (κ3) is 12.4. The molecule has 10 atom stereocenters. The predicted molar refractivity (Wildman–Crippen MR) is 242 cm³/mol. The summed E-state index contributed by atoms with van der Waals surface area (Å²) in [6.45, 7) is 2.04. The fourth-order valence-corrected chi connectivity index (χ4v) is 8.56. The van der Waals surface area contributed by atoms with Gasteiger partial charge >= 0.3 is 0 Å². The van der Waals surface area contributed by atoms with Crippen LogP contribution in [0.3, 0.4) is 0 Å². The minimum Gasteiger partial charge on any atom is -0.508 e. The van der Waals surface area contributed by atoms with Crippen molar-refractivity contribution < 1.29 is 58.7 Å². The minimum atomic E-state index is -1.67. The van der Waals surface area contributed by atoms with Gasteiger partial charge in [0.2, 0.25) is 35.4 Å². The van der Waals surface area contributed by atoms with Gasteiger partial charge in [0.15, 0.2) is 0 Å². The highest BCUT2D eigenvalue weighted by Crippen LogP contribution is 2.25. The fourth-order valence-electron chi connectivity index (χ4n) is 8.56. The van der Waals surface area contributed by atoms with Crippen molar-refractivity contribution in [3.8, 4) is 22.6 Å². The first-order chi connectivity index (χ1) is 31.9. The average molecular weight is 929 g/mol. The number of carbonyl (C=O) groups is 7. The number of ether oxygens (including phenoxy) is 1. The quantitative estimate of drug-likeness (QED) is 0.121. The summed E-state index contributed by atoms with van der Waals surface area (Å²) in [5, 5.41) is 55.6. The smallest absolute Gasteiger partial charge is 0.251 e. The van der Waals surface area contributed by atoms with Crippen molar-refractivity contribution in [3.05, 3.63) is 83.9 Å². The van der Waals surface area contributed by atoms with E-state index in [2.05, 4.69) is 26.6 Å². The Balaban J connectivity index is 1.30. The molecule has 3 aromatic rings. The Morgan fingerprint density at radius 2 is 1.33 bits per heavy atom. The Hall–Kier alpha value is -6.61. The lowest BCUT2D eigenvalue weighted by molar-refractivity contribution is -0.145. The van der Waals surface area contributed by atoms with Crippen LogP contribution in [-0.4, -0.2) is 159 Å². The van der Waals surface area contributed by atoms with E-state index < -0.39 is 102 Å². The number of carbonyl (C=O) groups excluding carboxylic acids is 7. The van der Waals surface area contributed by atoms with Crippen molar-refractivity contribution >= 4 is 41.4 Å². The molecule has 20 heteroatoms. The minimum absolute atomic E-state index is 0.00345. The lowest BCUT2D eigenvalue weighted by Crippen LogP contribution is -2.61. The molecule has 360 valence electrons. The van der Waals surface area contributed by atoms with Gasteiger partial charge in [-0.05, 0) is 99.0 Å². The summed E-state index contributed by atoms with van der Waals surface area (Å²) >= 11 is 0. The molecule has 0 radical (unpaired) electrons. The first kappa shape index (κ1) is 49.8. The van der Waals surface area contributed by atoms with Gasteiger partial charge in [-0.15, -0.1) is 0 Å². The van der Waals surface area contributed by atoms with E-state index in [0.717, 1.165) is 16.0 Å². The number of nitrogens with two attached hydrogens (primary N) is 1. The lowest BCUT2D eigenvalue weighted by atomic mass is 10.0. The van der Waals surface area contributed by atoms with Gasteiger partial charge in [-0.3, -0.25) is 33.6 Å². The molecule has 3 fully saturated rings. The Kier molecular flexibility index (Phi) is 16.5. The summed E-state index contributed by atoms with van der Waals surface area (Å²) < 4.78 is 5.24. The number of hydrogen-bond donors (Lipinski definition) is 10. The molecule has 0 spiro atoms. The van der Waals surface area contributed by atoms with Gasteiger partial charge in [-0.2, -0.15) is 0 Å². The van der Waals surface area contributed by atoms with E-state index in [4.69, 9.17) is 10.5 Å². The maximum absolute atomic E-state index is 14.3. The van der Waals surface area contributed by atoms with E-state index >= 15 is 0 Å². The molecule has 20 nitrogen and oxygen atoms in total. The second kappa shape index (κ2) is 22.3. The number of nitrogens with one attached hydrogen (secondary N) is 5. The van der Waals surface area contributed by atoms with Crippen LogP contribution < -0.4 is 37.1 Å². The lowest BCUT2D eigenvalue weighted by Gasteiger charge is -2.32. The van der Waals surface area contributed by atoms with Crippen molar-refractivity contribution in [2.75, 3.05) is 26.7 Å². The number of fused-ring (bicyclic) bond motifs is 2. The Morgan fingerprint density at radius 1 is 0.761 bits per heavy atom. The maximum Gasteiger partial charge on any atom is 0.251 e. The topological polar surface area (TPSA) is 302 Å². The van der Waals surface area contributed by atoms with Gasteiger partial charge < -0.3 is 67.3 Å². The molecule has 67 heavy (non-hydrogen) atoms. The Labute approximate surface area is 387 Å². The molecular formula is C47H60N8O12. The van der Waals surface area contributed by atoms with Crippen molar-refractivity contribution in [3.63, 3.8) is 0 Å². The van der Waals surface area contributed by atoms with E-state index in [1.165, 1.54) is 30.9 Å². The molecule has 11 N–H and O–H groups in total.